The highest BCUT2D eigenvalue weighted by Gasteiger charge is 2.29. The Bertz CT molecular complexity index is 1040. The van der Waals surface area contributed by atoms with Crippen LogP contribution >= 0.6 is 0 Å². The van der Waals surface area contributed by atoms with Crippen molar-refractivity contribution in [3.05, 3.63) is 41.6 Å². The molecule has 0 radical (unpaired) electrons. The van der Waals surface area contributed by atoms with Crippen LogP contribution in [0.25, 0.3) is 0 Å². The Morgan fingerprint density at radius 3 is 2.51 bits per heavy atom. The molecule has 9 nitrogen and oxygen atoms in total. The van der Waals surface area contributed by atoms with Gasteiger partial charge in [0.15, 0.2) is 6.61 Å². The molecule has 0 unspecified atom stereocenters. The summed E-state index contributed by atoms with van der Waals surface area (Å²) in [6, 6.07) is 5.96. The lowest BCUT2D eigenvalue weighted by molar-refractivity contribution is -0.154. The first kappa shape index (κ1) is 26.2. The van der Waals surface area contributed by atoms with Crippen LogP contribution in [0.5, 0.6) is 5.88 Å². The molecule has 35 heavy (non-hydrogen) atoms. The van der Waals surface area contributed by atoms with E-state index in [4.69, 9.17) is 4.74 Å². The number of ether oxygens (including phenoxy) is 1. The molecule has 190 valence electrons. The van der Waals surface area contributed by atoms with Crippen LogP contribution in [0.4, 0.5) is 24.8 Å². The van der Waals surface area contributed by atoms with Crippen LogP contribution in [0.3, 0.4) is 0 Å². The number of amides is 2. The van der Waals surface area contributed by atoms with Crippen molar-refractivity contribution in [1.82, 2.24) is 20.2 Å². The molecule has 0 aliphatic carbocycles. The Morgan fingerprint density at radius 2 is 1.86 bits per heavy atom. The molecule has 2 aromatic heterocycles. The average molecular weight is 495 g/mol. The van der Waals surface area contributed by atoms with Crippen LogP contribution < -0.4 is 20.3 Å². The summed E-state index contributed by atoms with van der Waals surface area (Å²) in [5.74, 6) is -0.246. The van der Waals surface area contributed by atoms with Gasteiger partial charge in [0.2, 0.25) is 11.8 Å². The van der Waals surface area contributed by atoms with Gasteiger partial charge in [-0.2, -0.15) is 18.2 Å². The van der Waals surface area contributed by atoms with E-state index in [1.165, 1.54) is 24.4 Å². The summed E-state index contributed by atoms with van der Waals surface area (Å²) in [4.78, 5) is 37.1. The molecule has 1 saturated heterocycles. The first-order valence-corrected chi connectivity index (χ1v) is 11.2. The number of nitrogens with zero attached hydrogens (tertiary/aromatic N) is 4. The van der Waals surface area contributed by atoms with Crippen LogP contribution in [0, 0.1) is 5.92 Å². The third kappa shape index (κ3) is 7.81. The van der Waals surface area contributed by atoms with Crippen molar-refractivity contribution < 1.29 is 27.5 Å². The molecule has 3 rings (SSSR count). The maximum absolute atomic E-state index is 12.8. The van der Waals surface area contributed by atoms with Crippen LogP contribution in [0.1, 0.15) is 29.8 Å². The van der Waals surface area contributed by atoms with Crippen molar-refractivity contribution in [3.63, 3.8) is 0 Å². The lowest BCUT2D eigenvalue weighted by Gasteiger charge is -2.34. The fourth-order valence-electron chi connectivity index (χ4n) is 3.31. The van der Waals surface area contributed by atoms with E-state index in [2.05, 4.69) is 25.5 Å². The zero-order valence-corrected chi connectivity index (χ0v) is 19.9. The van der Waals surface area contributed by atoms with E-state index in [1.54, 1.807) is 19.9 Å². The summed E-state index contributed by atoms with van der Waals surface area (Å²) < 4.78 is 42.6. The summed E-state index contributed by atoms with van der Waals surface area (Å²) in [5, 5.41) is 5.46. The number of rotatable bonds is 8. The van der Waals surface area contributed by atoms with Crippen molar-refractivity contribution >= 4 is 23.5 Å². The van der Waals surface area contributed by atoms with Gasteiger partial charge >= 0.3 is 6.18 Å². The molecule has 0 aromatic carbocycles. The van der Waals surface area contributed by atoms with Crippen LogP contribution in [0.15, 0.2) is 30.5 Å². The molecule has 1 fully saturated rings. The maximum Gasteiger partial charge on any atom is 0.422 e. The molecule has 0 saturated carbocycles. The van der Waals surface area contributed by atoms with Crippen LogP contribution in [-0.4, -0.2) is 72.7 Å². The minimum absolute atomic E-state index is 0.100. The van der Waals surface area contributed by atoms with E-state index in [0.29, 0.717) is 30.0 Å². The molecule has 2 amide bonds. The van der Waals surface area contributed by atoms with Gasteiger partial charge in [-0.05, 0) is 25.2 Å². The summed E-state index contributed by atoms with van der Waals surface area (Å²) in [6.07, 6.45) is -3.05. The Hall–Kier alpha value is -3.41. The summed E-state index contributed by atoms with van der Waals surface area (Å²) >= 11 is 0. The predicted molar refractivity (Wildman–Crippen MR) is 124 cm³/mol. The highest BCUT2D eigenvalue weighted by molar-refractivity contribution is 5.96. The highest BCUT2D eigenvalue weighted by atomic mass is 19.4. The van der Waals surface area contributed by atoms with Gasteiger partial charge in [0, 0.05) is 62.0 Å². The van der Waals surface area contributed by atoms with Gasteiger partial charge in [0.05, 0.1) is 0 Å². The van der Waals surface area contributed by atoms with Gasteiger partial charge in [-0.25, -0.2) is 4.98 Å². The number of carbonyl (C=O) groups is 2. The number of aromatic nitrogens is 2. The van der Waals surface area contributed by atoms with Gasteiger partial charge in [-0.1, -0.05) is 13.8 Å². The second kappa shape index (κ2) is 11.3. The summed E-state index contributed by atoms with van der Waals surface area (Å²) in [6.45, 7) is 4.96. The SMILES string of the molecule is CC(C)C(=O)Nc1cc(C(=O)NCc2ccc(OCC(F)(F)F)nc2N2CCN(C)CC2)ccn1. The zero-order valence-electron chi connectivity index (χ0n) is 19.9. The van der Waals surface area contributed by atoms with Gasteiger partial charge in [-0.3, -0.25) is 9.59 Å². The largest absolute Gasteiger partial charge is 0.468 e. The molecular weight excluding hydrogens is 465 g/mol. The Balaban J connectivity index is 1.73. The van der Waals surface area contributed by atoms with Gasteiger partial charge in [0.25, 0.3) is 5.91 Å². The van der Waals surface area contributed by atoms with Crippen molar-refractivity contribution in [2.75, 3.05) is 50.1 Å². The third-order valence-corrected chi connectivity index (χ3v) is 5.35. The number of anilines is 2. The topological polar surface area (TPSA) is 99.7 Å². The van der Waals surface area contributed by atoms with E-state index in [0.717, 1.165) is 13.1 Å². The zero-order chi connectivity index (χ0) is 25.6. The molecule has 0 atom stereocenters. The van der Waals surface area contributed by atoms with Gasteiger partial charge in [0.1, 0.15) is 11.6 Å². The fourth-order valence-corrected chi connectivity index (χ4v) is 3.31. The number of likely N-dealkylation sites (N-methyl/N-ethyl adjacent to an activating group) is 1. The minimum Gasteiger partial charge on any atom is -0.468 e. The molecule has 2 N–H and O–H groups in total. The van der Waals surface area contributed by atoms with E-state index in [1.807, 2.05) is 11.9 Å². The van der Waals surface area contributed by atoms with Crippen molar-refractivity contribution in [2.24, 2.45) is 5.92 Å². The Labute approximate surface area is 201 Å². The Kier molecular flexibility index (Phi) is 8.49. The van der Waals surface area contributed by atoms with E-state index < -0.39 is 18.7 Å². The van der Waals surface area contributed by atoms with E-state index in [-0.39, 0.29) is 30.1 Å². The Morgan fingerprint density at radius 1 is 1.14 bits per heavy atom. The molecule has 2 aromatic rings. The molecule has 1 aliphatic rings. The van der Waals surface area contributed by atoms with Crippen molar-refractivity contribution in [2.45, 2.75) is 26.6 Å². The minimum atomic E-state index is -4.47. The van der Waals surface area contributed by atoms with Crippen molar-refractivity contribution in [3.8, 4) is 5.88 Å². The summed E-state index contributed by atoms with van der Waals surface area (Å²) in [7, 11) is 1.99. The second-order valence-corrected chi connectivity index (χ2v) is 8.58. The average Bonchev–Trinajstić information content (AvgIpc) is 2.81. The van der Waals surface area contributed by atoms with Gasteiger partial charge < -0.3 is 25.2 Å². The third-order valence-electron chi connectivity index (χ3n) is 5.35. The van der Waals surface area contributed by atoms with E-state index in [9.17, 15) is 22.8 Å². The molecular formula is C23H29F3N6O3. The first-order valence-electron chi connectivity index (χ1n) is 11.2. The lowest BCUT2D eigenvalue weighted by atomic mass is 10.2. The van der Waals surface area contributed by atoms with Crippen molar-refractivity contribution in [1.29, 1.82) is 0 Å². The number of hydrogen-bond donors (Lipinski definition) is 2. The van der Waals surface area contributed by atoms with Crippen LogP contribution in [-0.2, 0) is 11.3 Å². The fraction of sp³-hybridized carbons (Fsp3) is 0.478. The second-order valence-electron chi connectivity index (χ2n) is 8.58. The van der Waals surface area contributed by atoms with Gasteiger partial charge in [-0.15, -0.1) is 0 Å². The van der Waals surface area contributed by atoms with E-state index >= 15 is 0 Å². The number of alkyl halides is 3. The lowest BCUT2D eigenvalue weighted by Crippen LogP contribution is -2.45. The number of halogens is 3. The smallest absolute Gasteiger partial charge is 0.422 e. The van der Waals surface area contributed by atoms with Crippen LogP contribution in [0.2, 0.25) is 0 Å². The molecule has 3 heterocycles. The maximum atomic E-state index is 12.8. The number of hydrogen-bond acceptors (Lipinski definition) is 7. The predicted octanol–water partition coefficient (Wildman–Crippen LogP) is 2.69. The number of nitrogens with one attached hydrogen (secondary N) is 2. The number of piperazine rings is 1. The first-order chi connectivity index (χ1) is 16.5. The molecule has 0 bridgehead atoms. The molecule has 12 heteroatoms. The monoisotopic (exact) mass is 494 g/mol. The normalized spacial score (nSPS) is 14.7. The quantitative estimate of drug-likeness (QED) is 0.582. The standard InChI is InChI=1S/C23H29F3N6O3/c1-15(2)21(33)29-18-12-16(6-7-27-18)22(34)28-13-17-4-5-19(35-14-23(24,25)26)30-20(17)32-10-8-31(3)9-11-32/h4-7,12,15H,8-11,13-14H2,1-3H3,(H,28,34)(H,27,29,33). The molecule has 1 aliphatic heterocycles. The number of carbonyl (C=O) groups excluding carboxylic acids is 2. The highest BCUT2D eigenvalue weighted by Crippen LogP contribution is 2.25. The molecule has 0 spiro atoms. The summed E-state index contributed by atoms with van der Waals surface area (Å²) in [5.41, 5.74) is 0.947. The number of pyridine rings is 2.